The molecule has 3 rings (SSSR count). The Morgan fingerprint density at radius 1 is 1.31 bits per heavy atom. The first-order chi connectivity index (χ1) is 7.74. The van der Waals surface area contributed by atoms with Gasteiger partial charge >= 0.3 is 0 Å². The number of fused-ring (bicyclic) bond motifs is 1. The smallest absolute Gasteiger partial charge is 0.231 e. The first kappa shape index (κ1) is 9.47. The lowest BCUT2D eigenvalue weighted by Crippen LogP contribution is -2.27. The first-order valence-electron chi connectivity index (χ1n) is 5.19. The molecule has 1 amide bonds. The zero-order chi connectivity index (χ0) is 11.1. The SMILES string of the molecule is N[C@H]1CC(=O)N(c2ccc3c(c2)OCO3)C1. The third kappa shape index (κ3) is 1.40. The van der Waals surface area contributed by atoms with Crippen molar-refractivity contribution in [3.05, 3.63) is 18.2 Å². The van der Waals surface area contributed by atoms with Gasteiger partial charge in [-0.2, -0.15) is 0 Å². The second-order valence-corrected chi connectivity index (χ2v) is 4.01. The minimum atomic E-state index is -0.0714. The van der Waals surface area contributed by atoms with Crippen LogP contribution in [0.2, 0.25) is 0 Å². The van der Waals surface area contributed by atoms with E-state index in [1.165, 1.54) is 0 Å². The lowest BCUT2D eigenvalue weighted by molar-refractivity contribution is -0.117. The molecule has 0 spiro atoms. The molecule has 0 aliphatic carbocycles. The molecule has 1 aromatic rings. The van der Waals surface area contributed by atoms with Gasteiger partial charge in [0.2, 0.25) is 12.7 Å². The normalized spacial score (nSPS) is 22.9. The van der Waals surface area contributed by atoms with Crippen LogP contribution in [0.3, 0.4) is 0 Å². The monoisotopic (exact) mass is 220 g/mol. The summed E-state index contributed by atoms with van der Waals surface area (Å²) in [7, 11) is 0. The number of rotatable bonds is 1. The van der Waals surface area contributed by atoms with Gasteiger partial charge in [-0.1, -0.05) is 0 Å². The van der Waals surface area contributed by atoms with E-state index in [1.54, 1.807) is 4.90 Å². The van der Waals surface area contributed by atoms with Crippen molar-refractivity contribution >= 4 is 11.6 Å². The average Bonchev–Trinajstić information content (AvgIpc) is 2.83. The molecule has 5 heteroatoms. The molecular weight excluding hydrogens is 208 g/mol. The maximum Gasteiger partial charge on any atom is 0.231 e. The number of ether oxygens (including phenoxy) is 2. The summed E-state index contributed by atoms with van der Waals surface area (Å²) in [6.45, 7) is 0.810. The van der Waals surface area contributed by atoms with E-state index in [0.717, 1.165) is 11.4 Å². The second kappa shape index (κ2) is 3.38. The predicted octanol–water partition coefficient (Wildman–Crippen LogP) is 0.479. The Bertz CT molecular complexity index is 447. The molecule has 84 valence electrons. The highest BCUT2D eigenvalue weighted by Gasteiger charge is 2.29. The number of carbonyl (C=O) groups is 1. The Labute approximate surface area is 92.7 Å². The van der Waals surface area contributed by atoms with Gasteiger partial charge < -0.3 is 20.1 Å². The fourth-order valence-corrected chi connectivity index (χ4v) is 2.04. The van der Waals surface area contributed by atoms with E-state index in [9.17, 15) is 4.79 Å². The van der Waals surface area contributed by atoms with Gasteiger partial charge in [0.15, 0.2) is 11.5 Å². The number of hydrogen-bond acceptors (Lipinski definition) is 4. The van der Waals surface area contributed by atoms with Crippen LogP contribution in [-0.4, -0.2) is 25.3 Å². The lowest BCUT2D eigenvalue weighted by atomic mass is 10.2. The fraction of sp³-hybridized carbons (Fsp3) is 0.364. The molecule has 2 heterocycles. The van der Waals surface area contributed by atoms with Gasteiger partial charge in [-0.15, -0.1) is 0 Å². The van der Waals surface area contributed by atoms with Crippen LogP contribution in [0.5, 0.6) is 11.5 Å². The molecule has 0 bridgehead atoms. The maximum absolute atomic E-state index is 11.7. The van der Waals surface area contributed by atoms with Crippen molar-refractivity contribution in [2.24, 2.45) is 5.73 Å². The van der Waals surface area contributed by atoms with Crippen molar-refractivity contribution in [2.45, 2.75) is 12.5 Å². The van der Waals surface area contributed by atoms with Crippen LogP contribution >= 0.6 is 0 Å². The Morgan fingerprint density at radius 3 is 2.88 bits per heavy atom. The van der Waals surface area contributed by atoms with E-state index in [1.807, 2.05) is 18.2 Å². The van der Waals surface area contributed by atoms with Crippen molar-refractivity contribution in [3.63, 3.8) is 0 Å². The second-order valence-electron chi connectivity index (χ2n) is 4.01. The Morgan fingerprint density at radius 2 is 2.12 bits per heavy atom. The first-order valence-corrected chi connectivity index (χ1v) is 5.19. The quantitative estimate of drug-likeness (QED) is 0.747. The molecule has 0 radical (unpaired) electrons. The predicted molar refractivity (Wildman–Crippen MR) is 57.5 cm³/mol. The summed E-state index contributed by atoms with van der Waals surface area (Å²) in [4.78, 5) is 13.3. The molecule has 16 heavy (non-hydrogen) atoms. The average molecular weight is 220 g/mol. The third-order valence-electron chi connectivity index (χ3n) is 2.82. The van der Waals surface area contributed by atoms with Crippen molar-refractivity contribution in [2.75, 3.05) is 18.2 Å². The minimum Gasteiger partial charge on any atom is -0.454 e. The summed E-state index contributed by atoms with van der Waals surface area (Å²) in [6.07, 6.45) is 0.411. The van der Waals surface area contributed by atoms with E-state index in [4.69, 9.17) is 15.2 Å². The molecule has 0 aromatic heterocycles. The van der Waals surface area contributed by atoms with E-state index in [0.29, 0.717) is 18.7 Å². The van der Waals surface area contributed by atoms with Crippen LogP contribution in [0.25, 0.3) is 0 Å². The van der Waals surface area contributed by atoms with E-state index in [2.05, 4.69) is 0 Å². The van der Waals surface area contributed by atoms with Crippen LogP contribution in [0.4, 0.5) is 5.69 Å². The maximum atomic E-state index is 11.7. The van der Waals surface area contributed by atoms with Crippen LogP contribution in [0.15, 0.2) is 18.2 Å². The van der Waals surface area contributed by atoms with Crippen molar-refractivity contribution in [1.82, 2.24) is 0 Å². The lowest BCUT2D eigenvalue weighted by Gasteiger charge is -2.16. The van der Waals surface area contributed by atoms with Gasteiger partial charge in [0.25, 0.3) is 0 Å². The zero-order valence-corrected chi connectivity index (χ0v) is 8.68. The number of nitrogens with zero attached hydrogens (tertiary/aromatic N) is 1. The molecule has 5 nitrogen and oxygen atoms in total. The Hall–Kier alpha value is -1.75. The van der Waals surface area contributed by atoms with Crippen molar-refractivity contribution in [1.29, 1.82) is 0 Å². The molecule has 1 saturated heterocycles. The van der Waals surface area contributed by atoms with Crippen molar-refractivity contribution in [3.8, 4) is 11.5 Å². The fourth-order valence-electron chi connectivity index (χ4n) is 2.04. The Kier molecular flexibility index (Phi) is 2.00. The van der Waals surface area contributed by atoms with Gasteiger partial charge in [-0.25, -0.2) is 0 Å². The highest BCUT2D eigenvalue weighted by Crippen LogP contribution is 2.36. The standard InChI is InChI=1S/C11H12N2O3/c12-7-3-11(14)13(5-7)8-1-2-9-10(4-8)16-6-15-9/h1-2,4,7H,3,5-6,12H2/t7-/m0/s1. The highest BCUT2D eigenvalue weighted by molar-refractivity contribution is 5.96. The van der Waals surface area contributed by atoms with Crippen molar-refractivity contribution < 1.29 is 14.3 Å². The van der Waals surface area contributed by atoms with Crippen LogP contribution in [0.1, 0.15) is 6.42 Å². The van der Waals surface area contributed by atoms with Gasteiger partial charge in [-0.05, 0) is 12.1 Å². The van der Waals surface area contributed by atoms with Crippen LogP contribution < -0.4 is 20.1 Å². The van der Waals surface area contributed by atoms with E-state index < -0.39 is 0 Å². The summed E-state index contributed by atoms with van der Waals surface area (Å²) in [5.41, 5.74) is 6.57. The summed E-state index contributed by atoms with van der Waals surface area (Å²) >= 11 is 0. The summed E-state index contributed by atoms with van der Waals surface area (Å²) < 4.78 is 10.5. The van der Waals surface area contributed by atoms with Gasteiger partial charge in [-0.3, -0.25) is 4.79 Å². The molecular formula is C11H12N2O3. The third-order valence-corrected chi connectivity index (χ3v) is 2.82. The molecule has 1 aromatic carbocycles. The summed E-state index contributed by atoms with van der Waals surface area (Å²) in [6, 6.07) is 5.41. The number of amides is 1. The van der Waals surface area contributed by atoms with Crippen LogP contribution in [0, 0.1) is 0 Å². The summed E-state index contributed by atoms with van der Waals surface area (Å²) in [5, 5.41) is 0. The Balaban J connectivity index is 1.92. The molecule has 1 atom stereocenters. The molecule has 2 aliphatic heterocycles. The number of nitrogens with two attached hydrogens (primary N) is 1. The number of benzene rings is 1. The molecule has 2 N–H and O–H groups in total. The van der Waals surface area contributed by atoms with E-state index >= 15 is 0 Å². The number of anilines is 1. The van der Waals surface area contributed by atoms with E-state index in [-0.39, 0.29) is 18.7 Å². The number of carbonyl (C=O) groups excluding carboxylic acids is 1. The van der Waals surface area contributed by atoms with Gasteiger partial charge in [0, 0.05) is 30.8 Å². The molecule has 0 saturated carbocycles. The largest absolute Gasteiger partial charge is 0.454 e. The number of hydrogen-bond donors (Lipinski definition) is 1. The van der Waals surface area contributed by atoms with Gasteiger partial charge in [0.1, 0.15) is 0 Å². The summed E-state index contributed by atoms with van der Waals surface area (Å²) in [5.74, 6) is 1.47. The molecule has 2 aliphatic rings. The van der Waals surface area contributed by atoms with Gasteiger partial charge in [0.05, 0.1) is 0 Å². The molecule has 0 unspecified atom stereocenters. The van der Waals surface area contributed by atoms with Crippen LogP contribution in [-0.2, 0) is 4.79 Å². The topological polar surface area (TPSA) is 64.8 Å². The zero-order valence-electron chi connectivity index (χ0n) is 8.68. The minimum absolute atomic E-state index is 0.0614. The highest BCUT2D eigenvalue weighted by atomic mass is 16.7. The molecule has 1 fully saturated rings.